The molecule has 9 rings (SSSR count). The van der Waals surface area contributed by atoms with Crippen molar-refractivity contribution in [1.82, 2.24) is 4.57 Å². The Kier molecular flexibility index (Phi) is 6.55. The number of hydrogen-bond acceptors (Lipinski definition) is 0. The van der Waals surface area contributed by atoms with E-state index in [4.69, 9.17) is 0 Å². The molecule has 1 heterocycles. The number of nitrogens with zero attached hydrogens (tertiary/aromatic N) is 1. The van der Waals surface area contributed by atoms with E-state index < -0.39 is 0 Å². The second-order valence-corrected chi connectivity index (χ2v) is 13.1. The van der Waals surface area contributed by atoms with Crippen LogP contribution >= 0.6 is 0 Å². The first-order valence-corrected chi connectivity index (χ1v) is 16.7. The average Bonchev–Trinajstić information content (AvgIpc) is 3.36. The predicted molar refractivity (Wildman–Crippen MR) is 209 cm³/mol. The number of rotatable bonds is 4. The molecule has 228 valence electrons. The van der Waals surface area contributed by atoms with Crippen molar-refractivity contribution in [1.29, 1.82) is 0 Å². The zero-order valence-electron chi connectivity index (χ0n) is 27.5. The highest BCUT2D eigenvalue weighted by Crippen LogP contribution is 2.45. The highest BCUT2D eigenvalue weighted by Gasteiger charge is 2.17. The summed E-state index contributed by atoms with van der Waals surface area (Å²) in [5.41, 5.74) is 11.4. The van der Waals surface area contributed by atoms with Gasteiger partial charge in [0.1, 0.15) is 0 Å². The van der Waals surface area contributed by atoms with Gasteiger partial charge in [0.25, 0.3) is 0 Å². The molecule has 1 nitrogen and oxygen atoms in total. The first kappa shape index (κ1) is 28.3. The fourth-order valence-electron chi connectivity index (χ4n) is 7.74. The molecule has 0 saturated heterocycles. The van der Waals surface area contributed by atoms with E-state index in [1.807, 2.05) is 0 Å². The molecule has 0 N–H and O–H groups in total. The minimum absolute atomic E-state index is 1.20. The lowest BCUT2D eigenvalue weighted by atomic mass is 9.85. The van der Waals surface area contributed by atoms with Gasteiger partial charge in [-0.3, -0.25) is 0 Å². The van der Waals surface area contributed by atoms with Crippen molar-refractivity contribution in [2.24, 2.45) is 7.05 Å². The van der Waals surface area contributed by atoms with Crippen LogP contribution in [0.15, 0.2) is 146 Å². The van der Waals surface area contributed by atoms with E-state index in [0.29, 0.717) is 0 Å². The fraction of sp³-hybridized carbons (Fsp3) is 0.0638. The fourth-order valence-corrected chi connectivity index (χ4v) is 7.74. The minimum Gasteiger partial charge on any atom is -0.348 e. The third-order valence-corrected chi connectivity index (χ3v) is 10.4. The molecule has 0 radical (unpaired) electrons. The number of aromatic nitrogens is 1. The van der Waals surface area contributed by atoms with E-state index in [1.165, 1.54) is 98.6 Å². The summed E-state index contributed by atoms with van der Waals surface area (Å²) in [5, 5.41) is 11.6. The first-order valence-electron chi connectivity index (χ1n) is 16.7. The van der Waals surface area contributed by atoms with E-state index in [1.54, 1.807) is 0 Å². The summed E-state index contributed by atoms with van der Waals surface area (Å²) in [6.07, 6.45) is 4.45. The maximum Gasteiger partial charge on any atom is 0.0488 e. The summed E-state index contributed by atoms with van der Waals surface area (Å²) in [4.78, 5) is 0. The number of benzene rings is 8. The summed E-state index contributed by atoms with van der Waals surface area (Å²) >= 11 is 0. The third-order valence-electron chi connectivity index (χ3n) is 10.4. The van der Waals surface area contributed by atoms with Gasteiger partial charge >= 0.3 is 0 Å². The van der Waals surface area contributed by atoms with Gasteiger partial charge < -0.3 is 4.57 Å². The molecule has 0 bridgehead atoms. The predicted octanol–water partition coefficient (Wildman–Crippen LogP) is 12.9. The molecule has 0 amide bonds. The Balaban J connectivity index is 1.17. The van der Waals surface area contributed by atoms with E-state index in [2.05, 4.69) is 183 Å². The summed E-state index contributed by atoms with van der Waals surface area (Å²) in [6.45, 7) is 4.40. The van der Waals surface area contributed by atoms with E-state index in [0.717, 1.165) is 0 Å². The van der Waals surface area contributed by atoms with Crippen molar-refractivity contribution in [3.05, 3.63) is 168 Å². The number of aryl methyl sites for hydroxylation is 2. The van der Waals surface area contributed by atoms with E-state index in [9.17, 15) is 0 Å². The topological polar surface area (TPSA) is 4.93 Å². The summed E-state index contributed by atoms with van der Waals surface area (Å²) < 4.78 is 2.29. The van der Waals surface area contributed by atoms with Crippen molar-refractivity contribution >= 4 is 66.1 Å². The number of fused-ring (bicyclic) bond motifs is 8. The molecular formula is C47H35N. The molecule has 8 aromatic carbocycles. The molecule has 1 aromatic heterocycles. The zero-order valence-corrected chi connectivity index (χ0v) is 27.5. The molecule has 0 aliphatic heterocycles. The van der Waals surface area contributed by atoms with Gasteiger partial charge in [0, 0.05) is 23.6 Å². The van der Waals surface area contributed by atoms with Crippen molar-refractivity contribution in [3.8, 4) is 22.3 Å². The molecular weight excluding hydrogens is 579 g/mol. The van der Waals surface area contributed by atoms with Gasteiger partial charge in [0.05, 0.1) is 0 Å². The van der Waals surface area contributed by atoms with Gasteiger partial charge in [-0.2, -0.15) is 0 Å². The van der Waals surface area contributed by atoms with E-state index >= 15 is 0 Å². The number of hydrogen-bond donors (Lipinski definition) is 0. The standard InChI is InChI=1S/C47H35N/c1-30-31(2)48(3)45-28-33(20-24-38(30)45)18-17-32-19-21-36-29-37(23-22-35(36)27-32)39-25-26-44-42-15-8-7-13-40(42)41-14-9-10-16-43(41)47(44)46(39)34-11-5-4-6-12-34/h4-29H,1-3H3/b18-17+. The lowest BCUT2D eigenvalue weighted by Gasteiger charge is -2.18. The van der Waals surface area contributed by atoms with Crippen LogP contribution in [-0.2, 0) is 7.05 Å². The third kappa shape index (κ3) is 4.47. The Morgan fingerprint density at radius 3 is 1.77 bits per heavy atom. The van der Waals surface area contributed by atoms with Gasteiger partial charge in [0.2, 0.25) is 0 Å². The van der Waals surface area contributed by atoms with Gasteiger partial charge in [-0.15, -0.1) is 0 Å². The summed E-state index contributed by atoms with van der Waals surface area (Å²) in [6, 6.07) is 53.7. The van der Waals surface area contributed by atoms with Crippen LogP contribution in [0.25, 0.3) is 88.4 Å². The lowest BCUT2D eigenvalue weighted by Crippen LogP contribution is -1.91. The Bertz CT molecular complexity index is 2710. The largest absolute Gasteiger partial charge is 0.348 e. The molecule has 0 saturated carbocycles. The SMILES string of the molecule is Cc1c(C)n(C)c2cc(/C=C/c3ccc4cc(-c5ccc6c7ccccc7c7ccccc7c6c5-c5ccccc5)ccc4c3)ccc12. The molecule has 0 spiro atoms. The van der Waals surface area contributed by atoms with Crippen LogP contribution in [0, 0.1) is 13.8 Å². The van der Waals surface area contributed by atoms with Gasteiger partial charge in [0.15, 0.2) is 0 Å². The molecule has 0 atom stereocenters. The maximum absolute atomic E-state index is 2.35. The molecule has 0 unspecified atom stereocenters. The lowest BCUT2D eigenvalue weighted by molar-refractivity contribution is 0.910. The first-order chi connectivity index (χ1) is 23.5. The highest BCUT2D eigenvalue weighted by molar-refractivity contribution is 6.29. The minimum atomic E-state index is 1.20. The Morgan fingerprint density at radius 1 is 0.458 bits per heavy atom. The smallest absolute Gasteiger partial charge is 0.0488 e. The summed E-state index contributed by atoms with van der Waals surface area (Å²) in [5.74, 6) is 0. The monoisotopic (exact) mass is 613 g/mol. The van der Waals surface area contributed by atoms with Gasteiger partial charge in [-0.25, -0.2) is 0 Å². The summed E-state index contributed by atoms with van der Waals surface area (Å²) in [7, 11) is 2.15. The van der Waals surface area contributed by atoms with Gasteiger partial charge in [-0.05, 0) is 114 Å². The quantitative estimate of drug-likeness (QED) is 0.137. The second-order valence-electron chi connectivity index (χ2n) is 13.1. The average molecular weight is 614 g/mol. The zero-order chi connectivity index (χ0) is 32.4. The van der Waals surface area contributed by atoms with Crippen LogP contribution in [0.4, 0.5) is 0 Å². The van der Waals surface area contributed by atoms with Crippen LogP contribution in [0.3, 0.4) is 0 Å². The second kappa shape index (κ2) is 11.1. The van der Waals surface area contributed by atoms with Crippen LogP contribution in [0.1, 0.15) is 22.4 Å². The molecule has 48 heavy (non-hydrogen) atoms. The molecule has 9 aromatic rings. The molecule has 1 heteroatoms. The highest BCUT2D eigenvalue weighted by atomic mass is 14.9. The van der Waals surface area contributed by atoms with Crippen molar-refractivity contribution in [2.45, 2.75) is 13.8 Å². The maximum atomic E-state index is 2.35. The normalized spacial score (nSPS) is 12.0. The van der Waals surface area contributed by atoms with Crippen LogP contribution in [0.2, 0.25) is 0 Å². The Morgan fingerprint density at radius 2 is 1.02 bits per heavy atom. The van der Waals surface area contributed by atoms with Crippen molar-refractivity contribution in [3.63, 3.8) is 0 Å². The molecule has 0 aliphatic carbocycles. The Labute approximate surface area is 281 Å². The Hall–Kier alpha value is -5.92. The van der Waals surface area contributed by atoms with E-state index in [-0.39, 0.29) is 0 Å². The van der Waals surface area contributed by atoms with Crippen LogP contribution in [-0.4, -0.2) is 4.57 Å². The van der Waals surface area contributed by atoms with Crippen LogP contribution < -0.4 is 0 Å². The molecule has 0 fully saturated rings. The van der Waals surface area contributed by atoms with Crippen LogP contribution in [0.5, 0.6) is 0 Å². The van der Waals surface area contributed by atoms with Gasteiger partial charge in [-0.1, -0.05) is 140 Å². The van der Waals surface area contributed by atoms with Crippen molar-refractivity contribution in [2.75, 3.05) is 0 Å². The molecule has 0 aliphatic rings. The van der Waals surface area contributed by atoms with Crippen molar-refractivity contribution < 1.29 is 0 Å².